The van der Waals surface area contributed by atoms with E-state index in [-0.39, 0.29) is 5.82 Å². The lowest BCUT2D eigenvalue weighted by Gasteiger charge is -2.05. The Morgan fingerprint density at radius 3 is 2.35 bits per heavy atom. The number of hydrogen-bond donors (Lipinski definition) is 0. The second kappa shape index (κ2) is 6.87. The summed E-state index contributed by atoms with van der Waals surface area (Å²) in [5, 5.41) is 4.33. The summed E-state index contributed by atoms with van der Waals surface area (Å²) < 4.78 is 6.70. The van der Waals surface area contributed by atoms with Crippen molar-refractivity contribution in [1.82, 2.24) is 14.8 Å². The molecule has 3 aromatic rings. The highest BCUT2D eigenvalue weighted by Crippen LogP contribution is 2.14. The maximum atomic E-state index is 11.9. The molecule has 23 heavy (non-hydrogen) atoms. The van der Waals surface area contributed by atoms with Gasteiger partial charge in [-0.2, -0.15) is 0 Å². The summed E-state index contributed by atoms with van der Waals surface area (Å²) in [6.45, 7) is 2.06. The van der Waals surface area contributed by atoms with Crippen LogP contribution in [0.3, 0.4) is 0 Å². The van der Waals surface area contributed by atoms with E-state index in [9.17, 15) is 4.79 Å². The van der Waals surface area contributed by atoms with Crippen LogP contribution in [0.5, 0.6) is 0 Å². The van der Waals surface area contributed by atoms with Crippen molar-refractivity contribution in [3.8, 4) is 5.69 Å². The number of carbonyl (C=O) groups excluding carboxylic acids is 1. The van der Waals surface area contributed by atoms with Crippen LogP contribution in [-0.2, 0) is 11.2 Å². The Morgan fingerprint density at radius 1 is 1.04 bits per heavy atom. The predicted molar refractivity (Wildman–Crippen MR) is 86.6 cm³/mol. The van der Waals surface area contributed by atoms with Crippen LogP contribution >= 0.6 is 0 Å². The third-order valence-electron chi connectivity index (χ3n) is 3.34. The zero-order valence-electron chi connectivity index (χ0n) is 12.8. The molecule has 0 bridgehead atoms. The molecular weight excluding hydrogens is 290 g/mol. The lowest BCUT2D eigenvalue weighted by molar-refractivity contribution is 0.0512. The monoisotopic (exact) mass is 307 g/mol. The van der Waals surface area contributed by atoms with E-state index in [1.54, 1.807) is 11.6 Å². The van der Waals surface area contributed by atoms with E-state index >= 15 is 0 Å². The first-order valence-corrected chi connectivity index (χ1v) is 7.50. The number of esters is 1. The first-order chi connectivity index (χ1) is 11.3. The molecule has 0 amide bonds. The minimum absolute atomic E-state index is 0.0848. The second-order valence-corrected chi connectivity index (χ2v) is 4.98. The van der Waals surface area contributed by atoms with Crippen molar-refractivity contribution in [2.24, 2.45) is 0 Å². The van der Waals surface area contributed by atoms with E-state index in [0.717, 1.165) is 11.3 Å². The highest BCUT2D eigenvalue weighted by atomic mass is 16.5. The molecule has 3 rings (SSSR count). The third kappa shape index (κ3) is 3.45. The summed E-state index contributed by atoms with van der Waals surface area (Å²) in [4.78, 5) is 16.3. The third-order valence-corrected chi connectivity index (χ3v) is 3.34. The van der Waals surface area contributed by atoms with Gasteiger partial charge < -0.3 is 4.74 Å². The van der Waals surface area contributed by atoms with Crippen molar-refractivity contribution in [2.45, 2.75) is 13.3 Å². The van der Waals surface area contributed by atoms with Crippen LogP contribution in [0.4, 0.5) is 0 Å². The van der Waals surface area contributed by atoms with Gasteiger partial charge in [0.25, 0.3) is 5.82 Å². The Bertz CT molecular complexity index is 783. The summed E-state index contributed by atoms with van der Waals surface area (Å²) in [6, 6.07) is 19.6. The number of aromatic nitrogens is 3. The van der Waals surface area contributed by atoms with Crippen LogP contribution in [-0.4, -0.2) is 27.3 Å². The highest BCUT2D eigenvalue weighted by Gasteiger charge is 2.18. The zero-order chi connectivity index (χ0) is 16.1. The van der Waals surface area contributed by atoms with Crippen LogP contribution in [0.1, 0.15) is 28.9 Å². The number of nitrogens with zero attached hydrogens (tertiary/aromatic N) is 3. The lowest BCUT2D eigenvalue weighted by Crippen LogP contribution is -2.07. The molecule has 116 valence electrons. The fraction of sp³-hybridized carbons (Fsp3) is 0.167. The quantitative estimate of drug-likeness (QED) is 0.680. The molecule has 0 aliphatic rings. The molecule has 0 spiro atoms. The molecular formula is C18H17N3O2. The molecule has 0 N–H and O–H groups in total. The van der Waals surface area contributed by atoms with E-state index in [1.807, 2.05) is 60.7 Å². The Balaban J connectivity index is 2.00. The first-order valence-electron chi connectivity index (χ1n) is 7.50. The van der Waals surface area contributed by atoms with E-state index < -0.39 is 5.97 Å². The number of ether oxygens (including phenoxy) is 1. The van der Waals surface area contributed by atoms with Crippen molar-refractivity contribution in [2.75, 3.05) is 6.61 Å². The molecule has 1 heterocycles. The van der Waals surface area contributed by atoms with Crippen molar-refractivity contribution < 1.29 is 9.53 Å². The van der Waals surface area contributed by atoms with Crippen LogP contribution < -0.4 is 0 Å². The molecule has 5 heteroatoms. The van der Waals surface area contributed by atoms with Gasteiger partial charge in [-0.25, -0.2) is 14.5 Å². The maximum Gasteiger partial charge on any atom is 0.378 e. The van der Waals surface area contributed by atoms with Gasteiger partial charge in [-0.1, -0.05) is 48.5 Å². The minimum Gasteiger partial charge on any atom is -0.460 e. The topological polar surface area (TPSA) is 57.0 Å². The molecule has 5 nitrogen and oxygen atoms in total. The van der Waals surface area contributed by atoms with Gasteiger partial charge in [-0.05, 0) is 24.6 Å². The molecule has 0 aliphatic heterocycles. The van der Waals surface area contributed by atoms with Crippen molar-refractivity contribution in [3.05, 3.63) is 77.9 Å². The van der Waals surface area contributed by atoms with Crippen molar-refractivity contribution in [3.63, 3.8) is 0 Å². The van der Waals surface area contributed by atoms with Crippen LogP contribution in [0, 0.1) is 0 Å². The largest absolute Gasteiger partial charge is 0.460 e. The van der Waals surface area contributed by atoms with Gasteiger partial charge in [0.1, 0.15) is 5.82 Å². The summed E-state index contributed by atoms with van der Waals surface area (Å²) >= 11 is 0. The van der Waals surface area contributed by atoms with E-state index in [4.69, 9.17) is 4.74 Å². The minimum atomic E-state index is -0.503. The van der Waals surface area contributed by atoms with Crippen molar-refractivity contribution >= 4 is 5.97 Å². The summed E-state index contributed by atoms with van der Waals surface area (Å²) in [6.07, 6.45) is 0.585. The molecule has 0 saturated carbocycles. The number of rotatable bonds is 5. The van der Waals surface area contributed by atoms with Gasteiger partial charge >= 0.3 is 5.97 Å². The average Bonchev–Trinajstić information content (AvgIpc) is 3.01. The number of para-hydroxylation sites is 1. The van der Waals surface area contributed by atoms with Gasteiger partial charge in [-0.3, -0.25) is 0 Å². The number of carbonyl (C=O) groups is 1. The molecule has 0 unspecified atom stereocenters. The van der Waals surface area contributed by atoms with Crippen LogP contribution in [0.2, 0.25) is 0 Å². The average molecular weight is 307 g/mol. The molecule has 0 aliphatic carbocycles. The molecule has 2 aromatic carbocycles. The van der Waals surface area contributed by atoms with Crippen molar-refractivity contribution in [1.29, 1.82) is 0 Å². The highest BCUT2D eigenvalue weighted by molar-refractivity contribution is 5.85. The molecule has 0 fully saturated rings. The normalized spacial score (nSPS) is 10.5. The summed E-state index contributed by atoms with van der Waals surface area (Å²) in [5.74, 6) is 0.281. The fourth-order valence-corrected chi connectivity index (χ4v) is 2.30. The molecule has 0 radical (unpaired) electrons. The zero-order valence-corrected chi connectivity index (χ0v) is 12.8. The van der Waals surface area contributed by atoms with Crippen LogP contribution in [0.15, 0.2) is 60.7 Å². The standard InChI is InChI=1S/C18H17N3O2/c1-2-23-18(22)17-19-16(13-14-9-5-3-6-10-14)21(20-17)15-11-7-4-8-12-15/h3-12H,2,13H2,1H3. The Morgan fingerprint density at radius 2 is 1.70 bits per heavy atom. The van der Waals surface area contributed by atoms with Gasteiger partial charge in [-0.15, -0.1) is 5.10 Å². The summed E-state index contributed by atoms with van der Waals surface area (Å²) in [7, 11) is 0. The first kappa shape index (κ1) is 15.0. The predicted octanol–water partition coefficient (Wildman–Crippen LogP) is 3.03. The smallest absolute Gasteiger partial charge is 0.378 e. The van der Waals surface area contributed by atoms with Gasteiger partial charge in [0.2, 0.25) is 0 Å². The van der Waals surface area contributed by atoms with E-state index in [2.05, 4.69) is 10.1 Å². The fourth-order valence-electron chi connectivity index (χ4n) is 2.30. The Kier molecular flexibility index (Phi) is 4.47. The Hall–Kier alpha value is -2.95. The lowest BCUT2D eigenvalue weighted by atomic mass is 10.1. The summed E-state index contributed by atoms with van der Waals surface area (Å²) in [5.41, 5.74) is 1.97. The number of benzene rings is 2. The van der Waals surface area contributed by atoms with Gasteiger partial charge in [0.15, 0.2) is 0 Å². The van der Waals surface area contributed by atoms with E-state index in [1.165, 1.54) is 0 Å². The molecule has 0 atom stereocenters. The second-order valence-electron chi connectivity index (χ2n) is 4.98. The van der Waals surface area contributed by atoms with Gasteiger partial charge in [0, 0.05) is 6.42 Å². The number of hydrogen-bond acceptors (Lipinski definition) is 4. The molecule has 1 aromatic heterocycles. The molecule has 0 saturated heterocycles. The van der Waals surface area contributed by atoms with Crippen LogP contribution in [0.25, 0.3) is 5.69 Å². The van der Waals surface area contributed by atoms with E-state index in [0.29, 0.717) is 18.9 Å². The Labute approximate surface area is 134 Å². The maximum absolute atomic E-state index is 11.9. The SMILES string of the molecule is CCOC(=O)c1nc(Cc2ccccc2)n(-c2ccccc2)n1. The van der Waals surface area contributed by atoms with Gasteiger partial charge in [0.05, 0.1) is 12.3 Å².